The van der Waals surface area contributed by atoms with Crippen molar-refractivity contribution in [1.29, 1.82) is 0 Å². The van der Waals surface area contributed by atoms with Crippen LogP contribution in [0, 0.1) is 0 Å². The van der Waals surface area contributed by atoms with Crippen molar-refractivity contribution in [2.24, 2.45) is 0 Å². The molecule has 1 fully saturated rings. The third-order valence-electron chi connectivity index (χ3n) is 2.56. The van der Waals surface area contributed by atoms with Crippen molar-refractivity contribution in [2.45, 2.75) is 18.9 Å². The van der Waals surface area contributed by atoms with Gasteiger partial charge in [-0.3, -0.25) is 4.79 Å². The van der Waals surface area contributed by atoms with Gasteiger partial charge in [0.25, 0.3) is 0 Å². The number of halogens is 1. The van der Waals surface area contributed by atoms with Crippen LogP contribution in [-0.2, 0) is 4.79 Å². The first-order valence-corrected chi connectivity index (χ1v) is 5.21. The maximum Gasteiger partial charge on any atom is 0.220 e. The summed E-state index contributed by atoms with van der Waals surface area (Å²) in [4.78, 5) is 11.1. The number of hydrogen-bond acceptors (Lipinski definition) is 2. The van der Waals surface area contributed by atoms with Gasteiger partial charge in [-0.2, -0.15) is 0 Å². The zero-order chi connectivity index (χ0) is 10.8. The van der Waals surface area contributed by atoms with E-state index in [1.54, 1.807) is 13.2 Å². The summed E-state index contributed by atoms with van der Waals surface area (Å²) in [7, 11) is 1.61. The number of hydrogen-bond donors (Lipinski definition) is 1. The van der Waals surface area contributed by atoms with Crippen LogP contribution in [-0.4, -0.2) is 13.0 Å². The Balaban J connectivity index is 2.33. The molecule has 0 bridgehead atoms. The van der Waals surface area contributed by atoms with Crippen LogP contribution >= 0.6 is 11.6 Å². The topological polar surface area (TPSA) is 38.3 Å². The van der Waals surface area contributed by atoms with E-state index < -0.39 is 0 Å². The molecule has 4 heteroatoms. The van der Waals surface area contributed by atoms with Gasteiger partial charge in [-0.1, -0.05) is 11.6 Å². The van der Waals surface area contributed by atoms with E-state index >= 15 is 0 Å². The van der Waals surface area contributed by atoms with E-state index in [0.29, 0.717) is 11.4 Å². The van der Waals surface area contributed by atoms with E-state index in [2.05, 4.69) is 5.32 Å². The molecule has 0 spiro atoms. The quantitative estimate of drug-likeness (QED) is 0.839. The van der Waals surface area contributed by atoms with Gasteiger partial charge in [0.05, 0.1) is 13.2 Å². The number of nitrogens with one attached hydrogen (secondary N) is 1. The van der Waals surface area contributed by atoms with Crippen LogP contribution in [0.25, 0.3) is 0 Å². The monoisotopic (exact) mass is 225 g/mol. The third kappa shape index (κ3) is 2.07. The van der Waals surface area contributed by atoms with Crippen molar-refractivity contribution < 1.29 is 9.53 Å². The van der Waals surface area contributed by atoms with Crippen LogP contribution in [0.2, 0.25) is 5.02 Å². The Kier molecular flexibility index (Phi) is 2.82. The Hall–Kier alpha value is -1.22. The Labute approximate surface area is 93.4 Å². The molecule has 1 N–H and O–H groups in total. The molecule has 0 aliphatic carbocycles. The summed E-state index contributed by atoms with van der Waals surface area (Å²) in [6, 6.07) is 5.48. The molecule has 2 rings (SSSR count). The van der Waals surface area contributed by atoms with Gasteiger partial charge in [-0.05, 0) is 24.6 Å². The first kappa shape index (κ1) is 10.3. The summed E-state index contributed by atoms with van der Waals surface area (Å²) in [6.45, 7) is 0. The predicted octanol–water partition coefficient (Wildman–Crippen LogP) is 2.30. The molecule has 1 amide bonds. The second kappa shape index (κ2) is 4.11. The Morgan fingerprint density at radius 3 is 2.93 bits per heavy atom. The lowest BCUT2D eigenvalue weighted by Crippen LogP contribution is -2.18. The van der Waals surface area contributed by atoms with Crippen LogP contribution in [0.5, 0.6) is 5.75 Å². The molecule has 1 unspecified atom stereocenters. The minimum atomic E-state index is 0.0335. The highest BCUT2D eigenvalue weighted by atomic mass is 35.5. The van der Waals surface area contributed by atoms with Gasteiger partial charge in [-0.25, -0.2) is 0 Å². The maximum absolute atomic E-state index is 11.1. The van der Waals surface area contributed by atoms with Crippen molar-refractivity contribution >= 4 is 17.5 Å². The molecular weight excluding hydrogens is 214 g/mol. The summed E-state index contributed by atoms with van der Waals surface area (Å²) in [5.74, 6) is 0.855. The number of carbonyl (C=O) groups excluding carboxylic acids is 1. The van der Waals surface area contributed by atoms with Crippen molar-refractivity contribution in [3.8, 4) is 5.75 Å². The van der Waals surface area contributed by atoms with Crippen LogP contribution in [0.3, 0.4) is 0 Å². The molecule has 1 aliphatic rings. The average Bonchev–Trinajstić information content (AvgIpc) is 2.65. The Morgan fingerprint density at radius 2 is 2.33 bits per heavy atom. The van der Waals surface area contributed by atoms with Gasteiger partial charge in [-0.15, -0.1) is 0 Å². The fourth-order valence-electron chi connectivity index (χ4n) is 1.82. The Bertz CT molecular complexity index is 392. The smallest absolute Gasteiger partial charge is 0.220 e. The molecule has 1 atom stereocenters. The van der Waals surface area contributed by atoms with Gasteiger partial charge < -0.3 is 10.1 Å². The molecule has 15 heavy (non-hydrogen) atoms. The number of carbonyl (C=O) groups is 1. The van der Waals surface area contributed by atoms with E-state index in [1.165, 1.54) is 0 Å². The minimum absolute atomic E-state index is 0.0335. The van der Waals surface area contributed by atoms with Gasteiger partial charge in [0.15, 0.2) is 0 Å². The lowest BCUT2D eigenvalue weighted by atomic mass is 10.0. The zero-order valence-electron chi connectivity index (χ0n) is 8.42. The standard InChI is InChI=1S/C11H12ClNO2/c1-15-10-4-2-7(12)6-8(10)9-3-5-11(14)13-9/h2,4,6,9H,3,5H2,1H3,(H,13,14). The molecule has 80 valence electrons. The number of amides is 1. The molecule has 1 saturated heterocycles. The second-order valence-corrected chi connectivity index (χ2v) is 3.98. The fourth-order valence-corrected chi connectivity index (χ4v) is 2.01. The van der Waals surface area contributed by atoms with Gasteiger partial charge in [0, 0.05) is 17.0 Å². The maximum atomic E-state index is 11.1. The van der Waals surface area contributed by atoms with E-state index in [-0.39, 0.29) is 11.9 Å². The van der Waals surface area contributed by atoms with Crippen molar-refractivity contribution in [3.63, 3.8) is 0 Å². The number of ether oxygens (including phenoxy) is 1. The van der Waals surface area contributed by atoms with Gasteiger partial charge in [0.2, 0.25) is 5.91 Å². The van der Waals surface area contributed by atoms with Gasteiger partial charge in [0.1, 0.15) is 5.75 Å². The van der Waals surface area contributed by atoms with Gasteiger partial charge >= 0.3 is 0 Å². The van der Waals surface area contributed by atoms with Crippen LogP contribution in [0.4, 0.5) is 0 Å². The summed E-state index contributed by atoms with van der Waals surface area (Å²) in [6.07, 6.45) is 1.37. The van der Waals surface area contributed by atoms with E-state index in [0.717, 1.165) is 17.7 Å². The van der Waals surface area contributed by atoms with Crippen LogP contribution < -0.4 is 10.1 Å². The molecule has 0 radical (unpaired) electrons. The molecule has 0 aromatic heterocycles. The highest BCUT2D eigenvalue weighted by molar-refractivity contribution is 6.30. The predicted molar refractivity (Wildman–Crippen MR) is 58.1 cm³/mol. The van der Waals surface area contributed by atoms with Crippen molar-refractivity contribution in [2.75, 3.05) is 7.11 Å². The molecule has 0 saturated carbocycles. The molecule has 1 heterocycles. The largest absolute Gasteiger partial charge is 0.496 e. The van der Waals surface area contributed by atoms with Crippen molar-refractivity contribution in [1.82, 2.24) is 5.32 Å². The molecule has 1 aromatic rings. The summed E-state index contributed by atoms with van der Waals surface area (Å²) in [5, 5.41) is 3.55. The van der Waals surface area contributed by atoms with E-state index in [4.69, 9.17) is 16.3 Å². The lowest BCUT2D eigenvalue weighted by molar-refractivity contribution is -0.119. The molecule has 1 aliphatic heterocycles. The second-order valence-electron chi connectivity index (χ2n) is 3.55. The summed E-state index contributed by atoms with van der Waals surface area (Å²) < 4.78 is 5.24. The highest BCUT2D eigenvalue weighted by Gasteiger charge is 2.24. The van der Waals surface area contributed by atoms with Crippen LogP contribution in [0.1, 0.15) is 24.4 Å². The molecular formula is C11H12ClNO2. The molecule has 1 aromatic carbocycles. The SMILES string of the molecule is COc1ccc(Cl)cc1C1CCC(=O)N1. The third-order valence-corrected chi connectivity index (χ3v) is 2.80. The lowest BCUT2D eigenvalue weighted by Gasteiger charge is -2.14. The average molecular weight is 226 g/mol. The fraction of sp³-hybridized carbons (Fsp3) is 0.364. The summed E-state index contributed by atoms with van der Waals surface area (Å²) >= 11 is 5.92. The zero-order valence-corrected chi connectivity index (χ0v) is 9.17. The van der Waals surface area contributed by atoms with Crippen LogP contribution in [0.15, 0.2) is 18.2 Å². The Morgan fingerprint density at radius 1 is 1.53 bits per heavy atom. The van der Waals surface area contributed by atoms with E-state index in [9.17, 15) is 4.79 Å². The van der Waals surface area contributed by atoms with Crippen molar-refractivity contribution in [3.05, 3.63) is 28.8 Å². The first-order valence-electron chi connectivity index (χ1n) is 4.83. The highest BCUT2D eigenvalue weighted by Crippen LogP contribution is 2.33. The number of rotatable bonds is 2. The minimum Gasteiger partial charge on any atom is -0.496 e. The number of benzene rings is 1. The normalized spacial score (nSPS) is 20.1. The van der Waals surface area contributed by atoms with E-state index in [1.807, 2.05) is 12.1 Å². The molecule has 3 nitrogen and oxygen atoms in total. The first-order chi connectivity index (χ1) is 7.20. The summed E-state index contributed by atoms with van der Waals surface area (Å²) in [5.41, 5.74) is 0.954. The number of methoxy groups -OCH3 is 1.